The van der Waals surface area contributed by atoms with Gasteiger partial charge in [-0.05, 0) is 31.0 Å². The van der Waals surface area contributed by atoms with Crippen molar-refractivity contribution in [2.45, 2.75) is 19.8 Å². The van der Waals surface area contributed by atoms with Crippen molar-refractivity contribution in [3.05, 3.63) is 70.4 Å². The van der Waals surface area contributed by atoms with Crippen LogP contribution in [0.3, 0.4) is 0 Å². The van der Waals surface area contributed by atoms with Gasteiger partial charge in [0.25, 0.3) is 0 Å². The van der Waals surface area contributed by atoms with E-state index in [9.17, 15) is 4.79 Å². The number of hydrogen-bond donors (Lipinski definition) is 0. The Morgan fingerprint density at radius 1 is 1.13 bits per heavy atom. The standard InChI is InChI=1S/C19H17ClO3/c1-2-22-19(21)18-15-10-9-14(20)12-17(15)23-16(18)11-8-13-6-4-3-5-7-13/h3-7,9-10,12H,2,8,11H2,1H3. The molecule has 1 heterocycles. The Bertz CT molecular complexity index is 821. The molecule has 1 aromatic heterocycles. The van der Waals surface area contributed by atoms with Crippen LogP contribution < -0.4 is 0 Å². The van der Waals surface area contributed by atoms with E-state index >= 15 is 0 Å². The van der Waals surface area contributed by atoms with Crippen molar-refractivity contribution >= 4 is 28.5 Å². The molecule has 0 unspecified atom stereocenters. The average molecular weight is 329 g/mol. The van der Waals surface area contributed by atoms with E-state index in [0.717, 1.165) is 11.8 Å². The zero-order valence-electron chi connectivity index (χ0n) is 12.8. The van der Waals surface area contributed by atoms with Gasteiger partial charge in [0.2, 0.25) is 0 Å². The van der Waals surface area contributed by atoms with Gasteiger partial charge in [-0.1, -0.05) is 41.9 Å². The van der Waals surface area contributed by atoms with Crippen LogP contribution in [0.5, 0.6) is 0 Å². The molecule has 0 amide bonds. The maximum atomic E-state index is 12.3. The highest BCUT2D eigenvalue weighted by Gasteiger charge is 2.21. The highest BCUT2D eigenvalue weighted by Crippen LogP contribution is 2.30. The maximum Gasteiger partial charge on any atom is 0.342 e. The second kappa shape index (κ2) is 6.88. The fraction of sp³-hybridized carbons (Fsp3) is 0.211. The molecule has 0 N–H and O–H groups in total. The molecule has 118 valence electrons. The highest BCUT2D eigenvalue weighted by atomic mass is 35.5. The molecule has 0 radical (unpaired) electrons. The summed E-state index contributed by atoms with van der Waals surface area (Å²) in [5, 5.41) is 1.33. The summed E-state index contributed by atoms with van der Waals surface area (Å²) in [5.41, 5.74) is 2.32. The van der Waals surface area contributed by atoms with E-state index in [4.69, 9.17) is 20.8 Å². The molecule has 23 heavy (non-hydrogen) atoms. The van der Waals surface area contributed by atoms with Crippen molar-refractivity contribution in [2.75, 3.05) is 6.61 Å². The predicted molar refractivity (Wildman–Crippen MR) is 91.0 cm³/mol. The molecule has 0 spiro atoms. The first-order valence-corrected chi connectivity index (χ1v) is 7.99. The van der Waals surface area contributed by atoms with Crippen LogP contribution in [0, 0.1) is 0 Å². The Labute approximate surface area is 139 Å². The van der Waals surface area contributed by atoms with Gasteiger partial charge < -0.3 is 9.15 Å². The van der Waals surface area contributed by atoms with Gasteiger partial charge in [-0.15, -0.1) is 0 Å². The lowest BCUT2D eigenvalue weighted by atomic mass is 10.0. The lowest BCUT2D eigenvalue weighted by Crippen LogP contribution is -2.07. The summed E-state index contributed by atoms with van der Waals surface area (Å²) in [7, 11) is 0. The van der Waals surface area contributed by atoms with E-state index in [-0.39, 0.29) is 5.97 Å². The number of aryl methyl sites for hydroxylation is 2. The van der Waals surface area contributed by atoms with E-state index in [1.807, 2.05) is 18.2 Å². The van der Waals surface area contributed by atoms with Crippen molar-refractivity contribution in [1.29, 1.82) is 0 Å². The fourth-order valence-electron chi connectivity index (χ4n) is 2.63. The molecular formula is C19H17ClO3. The van der Waals surface area contributed by atoms with Crippen LogP contribution >= 0.6 is 11.6 Å². The third-order valence-electron chi connectivity index (χ3n) is 3.69. The summed E-state index contributed by atoms with van der Waals surface area (Å²) in [6.07, 6.45) is 1.42. The van der Waals surface area contributed by atoms with Gasteiger partial charge in [0.15, 0.2) is 0 Å². The van der Waals surface area contributed by atoms with Crippen molar-refractivity contribution in [1.82, 2.24) is 0 Å². The molecule has 0 aliphatic rings. The average Bonchev–Trinajstić information content (AvgIpc) is 2.91. The minimum atomic E-state index is -0.350. The smallest absolute Gasteiger partial charge is 0.342 e. The molecule has 4 heteroatoms. The van der Waals surface area contributed by atoms with Crippen LogP contribution in [0.2, 0.25) is 5.02 Å². The third kappa shape index (κ3) is 3.40. The zero-order valence-corrected chi connectivity index (χ0v) is 13.6. The number of carbonyl (C=O) groups excluding carboxylic acids is 1. The molecule has 0 aliphatic heterocycles. The van der Waals surface area contributed by atoms with Crippen LogP contribution in [0.15, 0.2) is 52.9 Å². The van der Waals surface area contributed by atoms with Gasteiger partial charge in [-0.25, -0.2) is 4.79 Å². The van der Waals surface area contributed by atoms with Gasteiger partial charge in [0, 0.05) is 22.9 Å². The molecule has 3 aromatic rings. The number of fused-ring (bicyclic) bond motifs is 1. The maximum absolute atomic E-state index is 12.3. The quantitative estimate of drug-likeness (QED) is 0.615. The van der Waals surface area contributed by atoms with Gasteiger partial charge in [-0.2, -0.15) is 0 Å². The summed E-state index contributed by atoms with van der Waals surface area (Å²) >= 11 is 6.02. The Kier molecular flexibility index (Phi) is 4.68. The second-order valence-electron chi connectivity index (χ2n) is 5.25. The lowest BCUT2D eigenvalue weighted by molar-refractivity contribution is 0.0526. The molecule has 0 atom stereocenters. The summed E-state index contributed by atoms with van der Waals surface area (Å²) in [6, 6.07) is 15.4. The Morgan fingerprint density at radius 3 is 2.65 bits per heavy atom. The Balaban J connectivity index is 1.97. The van der Waals surface area contributed by atoms with Crippen LogP contribution in [-0.2, 0) is 17.6 Å². The van der Waals surface area contributed by atoms with E-state index in [2.05, 4.69) is 12.1 Å². The Hall–Kier alpha value is -2.26. The van der Waals surface area contributed by atoms with Crippen LogP contribution in [0.1, 0.15) is 28.6 Å². The summed E-state index contributed by atoms with van der Waals surface area (Å²) < 4.78 is 11.1. The number of ether oxygens (including phenoxy) is 1. The number of esters is 1. The van der Waals surface area contributed by atoms with Crippen LogP contribution in [-0.4, -0.2) is 12.6 Å². The van der Waals surface area contributed by atoms with Gasteiger partial charge >= 0.3 is 5.97 Å². The molecule has 0 saturated carbocycles. The van der Waals surface area contributed by atoms with Crippen LogP contribution in [0.25, 0.3) is 11.0 Å². The molecule has 3 rings (SSSR count). The van der Waals surface area contributed by atoms with Crippen molar-refractivity contribution in [3.8, 4) is 0 Å². The molecule has 0 fully saturated rings. The van der Waals surface area contributed by atoms with E-state index in [1.54, 1.807) is 25.1 Å². The fourth-order valence-corrected chi connectivity index (χ4v) is 2.79. The molecule has 2 aromatic carbocycles. The largest absolute Gasteiger partial charge is 0.462 e. The molecule has 3 nitrogen and oxygen atoms in total. The van der Waals surface area contributed by atoms with E-state index < -0.39 is 0 Å². The minimum Gasteiger partial charge on any atom is -0.462 e. The monoisotopic (exact) mass is 328 g/mol. The number of carbonyl (C=O) groups is 1. The number of halogens is 1. The van der Waals surface area contributed by atoms with Gasteiger partial charge in [-0.3, -0.25) is 0 Å². The van der Waals surface area contributed by atoms with Gasteiger partial charge in [0.1, 0.15) is 16.9 Å². The normalized spacial score (nSPS) is 10.9. The number of benzene rings is 2. The summed E-state index contributed by atoms with van der Waals surface area (Å²) in [6.45, 7) is 2.12. The van der Waals surface area contributed by atoms with Crippen LogP contribution in [0.4, 0.5) is 0 Å². The second-order valence-corrected chi connectivity index (χ2v) is 5.68. The number of furan rings is 1. The van der Waals surface area contributed by atoms with Crippen molar-refractivity contribution < 1.29 is 13.9 Å². The molecule has 0 bridgehead atoms. The highest BCUT2D eigenvalue weighted by molar-refractivity contribution is 6.31. The molecule has 0 saturated heterocycles. The molecule has 0 aliphatic carbocycles. The lowest BCUT2D eigenvalue weighted by Gasteiger charge is -2.03. The van der Waals surface area contributed by atoms with Crippen molar-refractivity contribution in [2.24, 2.45) is 0 Å². The van der Waals surface area contributed by atoms with Crippen molar-refractivity contribution in [3.63, 3.8) is 0 Å². The predicted octanol–water partition coefficient (Wildman–Crippen LogP) is 5.05. The SMILES string of the molecule is CCOC(=O)c1c(CCc2ccccc2)oc2cc(Cl)ccc12. The third-order valence-corrected chi connectivity index (χ3v) is 3.92. The first kappa shape index (κ1) is 15.6. The minimum absolute atomic E-state index is 0.331. The van der Waals surface area contributed by atoms with E-state index in [1.165, 1.54) is 5.56 Å². The zero-order chi connectivity index (χ0) is 16.2. The topological polar surface area (TPSA) is 39.4 Å². The summed E-state index contributed by atoms with van der Waals surface area (Å²) in [5.74, 6) is 0.293. The summed E-state index contributed by atoms with van der Waals surface area (Å²) in [4.78, 5) is 12.3. The number of rotatable bonds is 5. The first-order chi connectivity index (χ1) is 11.2. The molecular weight excluding hydrogens is 312 g/mol. The van der Waals surface area contributed by atoms with E-state index in [0.29, 0.717) is 35.0 Å². The first-order valence-electron chi connectivity index (χ1n) is 7.61. The Morgan fingerprint density at radius 2 is 1.91 bits per heavy atom. The van der Waals surface area contributed by atoms with Gasteiger partial charge in [0.05, 0.1) is 6.61 Å². The number of hydrogen-bond acceptors (Lipinski definition) is 3.